The summed E-state index contributed by atoms with van der Waals surface area (Å²) in [6, 6.07) is 0. The minimum absolute atomic E-state index is 0.0258. The molecule has 0 saturated carbocycles. The van der Waals surface area contributed by atoms with Gasteiger partial charge in [-0.05, 0) is 0 Å². The standard InChI is InChI=1S/C6H10O8.C6H12O7.2C6H14O6.4C6H12O6/c7-1(3(9)5(11)12)2(8)4(10)6(13)14;7-1-2(8)3(9)4(10)5(11)6(12)13;6*7-1-3(9)5(11)6(12)4(10)2-8/h1-4,7-10H,(H,11,12)(H,13,14);2-5,7-11H,1H2,(H,12,13);2*3-12H,1-2H2;4*1,3-6,8-12H,2H2. The summed E-state index contributed by atoms with van der Waals surface area (Å²) in [4.78, 5) is 69.9. The second-order valence-corrected chi connectivity index (χ2v) is 19.5. The predicted molar refractivity (Wildman–Crippen MR) is 303 cm³/mol. The summed E-state index contributed by atoms with van der Waals surface area (Å²) >= 11 is 0. The largest absolute Gasteiger partial charge is 0.479 e. The topological polar surface area (TPSA) is 1010 Å². The van der Waals surface area contributed by atoms with E-state index in [2.05, 4.69) is 0 Å². The van der Waals surface area contributed by atoms with Gasteiger partial charge in [-0.3, -0.25) is 0 Å². The Morgan fingerprint density at radius 3 is 0.364 bits per heavy atom. The van der Waals surface area contributed by atoms with Gasteiger partial charge in [-0.15, -0.1) is 0 Å². The molecule has 0 aliphatic heterocycles. The Kier molecular flexibility index (Phi) is 69.2. The number of aliphatic hydroxyl groups excluding tert-OH is 41. The highest BCUT2D eigenvalue weighted by Crippen LogP contribution is 2.10. The highest BCUT2D eigenvalue weighted by Gasteiger charge is 2.39. The molecule has 0 heterocycles. The molecular formula is C48H98O51. The van der Waals surface area contributed by atoms with Crippen molar-refractivity contribution in [3.05, 3.63) is 0 Å². The summed E-state index contributed by atoms with van der Waals surface area (Å²) in [6.45, 7) is -6.79. The molecule has 0 spiro atoms. The average Bonchev–Trinajstić information content (AvgIpc) is 0.935. The molecule has 44 N–H and O–H groups in total. The van der Waals surface area contributed by atoms with Crippen LogP contribution in [-0.4, -0.2) is 523 Å². The summed E-state index contributed by atoms with van der Waals surface area (Å²) in [5.74, 6) is -5.40. The molecule has 0 aromatic heterocycles. The van der Waals surface area contributed by atoms with Gasteiger partial charge in [0.2, 0.25) is 0 Å². The number of aliphatic carboxylic acids is 3. The minimum atomic E-state index is -2.36. The Bertz CT molecular complexity index is 1780. The Labute approximate surface area is 555 Å². The van der Waals surface area contributed by atoms with Crippen LogP contribution in [0.2, 0.25) is 0 Å². The molecule has 0 amide bonds. The summed E-state index contributed by atoms with van der Waals surface area (Å²) in [6.07, 6.45) is -57.3. The van der Waals surface area contributed by atoms with E-state index in [1.165, 1.54) is 0 Å². The third-order valence-electron chi connectivity index (χ3n) is 11.7. The smallest absolute Gasteiger partial charge is 0.335 e. The van der Waals surface area contributed by atoms with Crippen LogP contribution in [0.1, 0.15) is 0 Å². The molecule has 0 saturated heterocycles. The first-order valence-electron chi connectivity index (χ1n) is 27.2. The lowest BCUT2D eigenvalue weighted by Gasteiger charge is -2.24. The van der Waals surface area contributed by atoms with Crippen molar-refractivity contribution in [1.29, 1.82) is 0 Å². The monoisotopic (exact) mass is 1490 g/mol. The molecule has 99 heavy (non-hydrogen) atoms. The average molecular weight is 1490 g/mol. The van der Waals surface area contributed by atoms with Crippen molar-refractivity contribution in [2.75, 3.05) is 59.5 Å². The van der Waals surface area contributed by atoms with Gasteiger partial charge in [0.1, 0.15) is 177 Å². The fourth-order valence-electron chi connectivity index (χ4n) is 5.15. The minimum Gasteiger partial charge on any atom is -0.479 e. The number of hydrogen-bond acceptors (Lipinski definition) is 48. The summed E-state index contributed by atoms with van der Waals surface area (Å²) in [5.41, 5.74) is 0. The van der Waals surface area contributed by atoms with Crippen LogP contribution >= 0.6 is 0 Å². The third kappa shape index (κ3) is 46.6. The van der Waals surface area contributed by atoms with Crippen molar-refractivity contribution in [1.82, 2.24) is 0 Å². The molecule has 32 atom stereocenters. The van der Waals surface area contributed by atoms with Crippen LogP contribution in [0.5, 0.6) is 0 Å². The summed E-state index contributed by atoms with van der Waals surface area (Å²) in [7, 11) is 0. The second kappa shape index (κ2) is 62.1. The van der Waals surface area contributed by atoms with Gasteiger partial charge in [0.05, 0.1) is 59.5 Å². The molecule has 0 aliphatic carbocycles. The van der Waals surface area contributed by atoms with Crippen molar-refractivity contribution in [3.8, 4) is 0 Å². The number of hydrogen-bond donors (Lipinski definition) is 44. The summed E-state index contributed by atoms with van der Waals surface area (Å²) < 4.78 is 0. The van der Waals surface area contributed by atoms with Crippen molar-refractivity contribution < 1.29 is 258 Å². The van der Waals surface area contributed by atoms with Crippen molar-refractivity contribution in [2.45, 2.75) is 195 Å². The Hall–Kier alpha value is -4.55. The van der Waals surface area contributed by atoms with E-state index >= 15 is 0 Å². The maximum absolute atomic E-state index is 10.1. The van der Waals surface area contributed by atoms with Crippen molar-refractivity contribution >= 4 is 43.1 Å². The van der Waals surface area contributed by atoms with Crippen LogP contribution in [0.15, 0.2) is 0 Å². The van der Waals surface area contributed by atoms with Gasteiger partial charge in [-0.25, -0.2) is 14.4 Å². The van der Waals surface area contributed by atoms with Crippen LogP contribution < -0.4 is 0 Å². The van der Waals surface area contributed by atoms with Gasteiger partial charge in [-0.2, -0.15) is 0 Å². The maximum atomic E-state index is 10.1. The van der Waals surface area contributed by atoms with Gasteiger partial charge in [0.15, 0.2) is 43.5 Å². The lowest BCUT2D eigenvalue weighted by molar-refractivity contribution is -0.172. The molecular weight excluding hydrogens is 1390 g/mol. The molecule has 0 aromatic rings. The second-order valence-electron chi connectivity index (χ2n) is 19.5. The highest BCUT2D eigenvalue weighted by atomic mass is 16.5. The molecule has 32 unspecified atom stereocenters. The first kappa shape index (κ1) is 110. The lowest BCUT2D eigenvalue weighted by atomic mass is 10.0. The molecule has 0 aliphatic rings. The van der Waals surface area contributed by atoms with Gasteiger partial charge in [0.25, 0.3) is 0 Å². The molecule has 51 heteroatoms. The van der Waals surface area contributed by atoms with E-state index in [-0.39, 0.29) is 25.1 Å². The van der Waals surface area contributed by atoms with Gasteiger partial charge < -0.3 is 244 Å². The Morgan fingerprint density at radius 2 is 0.273 bits per heavy atom. The highest BCUT2D eigenvalue weighted by molar-refractivity contribution is 5.75. The lowest BCUT2D eigenvalue weighted by Crippen LogP contribution is -2.49. The van der Waals surface area contributed by atoms with E-state index < -0.39 is 273 Å². The number of aliphatic hydroxyl groups is 41. The quantitative estimate of drug-likeness (QED) is 0.0253. The van der Waals surface area contributed by atoms with Crippen LogP contribution in [-0.2, 0) is 33.6 Å². The first-order valence-corrected chi connectivity index (χ1v) is 27.2. The van der Waals surface area contributed by atoms with E-state index in [1.807, 2.05) is 0 Å². The zero-order chi connectivity index (χ0) is 80.4. The van der Waals surface area contributed by atoms with Crippen LogP contribution in [0.25, 0.3) is 0 Å². The molecule has 0 fully saturated rings. The predicted octanol–water partition coefficient (Wildman–Crippen LogP) is -27.6. The molecule has 0 radical (unpaired) electrons. The molecule has 51 nitrogen and oxygen atoms in total. The molecule has 596 valence electrons. The summed E-state index contributed by atoms with van der Waals surface area (Å²) in [5, 5.41) is 382. The van der Waals surface area contributed by atoms with Crippen LogP contribution in [0, 0.1) is 0 Å². The van der Waals surface area contributed by atoms with Crippen molar-refractivity contribution in [3.63, 3.8) is 0 Å². The third-order valence-corrected chi connectivity index (χ3v) is 11.7. The molecule has 0 aromatic carbocycles. The van der Waals surface area contributed by atoms with E-state index in [9.17, 15) is 33.6 Å². The number of carboxylic acid groups (broad SMARTS) is 3. The first-order chi connectivity index (χ1) is 45.4. The number of carbonyl (C=O) groups excluding carboxylic acids is 4. The number of carboxylic acids is 3. The van der Waals surface area contributed by atoms with Crippen LogP contribution in [0.4, 0.5) is 0 Å². The molecule has 0 bridgehead atoms. The van der Waals surface area contributed by atoms with E-state index in [1.54, 1.807) is 0 Å². The van der Waals surface area contributed by atoms with E-state index in [0.717, 1.165) is 0 Å². The maximum Gasteiger partial charge on any atom is 0.335 e. The Morgan fingerprint density at radius 1 is 0.182 bits per heavy atom. The fourth-order valence-corrected chi connectivity index (χ4v) is 5.15. The van der Waals surface area contributed by atoms with Gasteiger partial charge in [0, 0.05) is 0 Å². The number of carbonyl (C=O) groups is 7. The molecule has 0 rings (SSSR count). The Balaban J connectivity index is -0.000000159. The van der Waals surface area contributed by atoms with Gasteiger partial charge in [-0.1, -0.05) is 0 Å². The normalized spacial score (nSPS) is 20.9. The number of rotatable bonds is 40. The number of aldehydes is 4. The SMILES string of the molecule is O=C(O)C(O)C(O)C(O)C(O)C(=O)O.O=C(O)C(O)C(O)C(O)C(O)CO.O=CC(O)C(O)C(O)C(O)CO.O=CC(O)C(O)C(O)C(O)CO.O=CC(O)C(O)C(O)C(O)CO.O=CC(O)C(O)C(O)C(O)CO.OCC(O)C(O)C(O)C(O)CO.OCC(O)C(O)C(O)C(O)CO. The fraction of sp³-hybridized carbons (Fsp3) is 0.854. The van der Waals surface area contributed by atoms with Crippen LogP contribution in [0.3, 0.4) is 0 Å². The van der Waals surface area contributed by atoms with Crippen molar-refractivity contribution in [2.24, 2.45) is 0 Å². The van der Waals surface area contributed by atoms with E-state index in [0.29, 0.717) is 0 Å². The van der Waals surface area contributed by atoms with Gasteiger partial charge >= 0.3 is 17.9 Å². The van der Waals surface area contributed by atoms with E-state index in [4.69, 9.17) is 225 Å². The zero-order valence-electron chi connectivity index (χ0n) is 51.2. The zero-order valence-corrected chi connectivity index (χ0v) is 51.2.